The molecular formula is C19H21N3O5. The van der Waals surface area contributed by atoms with E-state index in [-0.39, 0.29) is 11.6 Å². The van der Waals surface area contributed by atoms with Crippen molar-refractivity contribution in [3.63, 3.8) is 0 Å². The number of methoxy groups -OCH3 is 1. The van der Waals surface area contributed by atoms with Gasteiger partial charge in [0.15, 0.2) is 0 Å². The number of nitro groups is 1. The summed E-state index contributed by atoms with van der Waals surface area (Å²) >= 11 is 0. The maximum Gasteiger partial charge on any atom is 0.271 e. The fourth-order valence-electron chi connectivity index (χ4n) is 2.42. The number of hydrogen-bond donors (Lipinski definition) is 2. The summed E-state index contributed by atoms with van der Waals surface area (Å²) in [6, 6.07) is 11.3. The summed E-state index contributed by atoms with van der Waals surface area (Å²) in [6.45, 7) is 3.60. The van der Waals surface area contributed by atoms with E-state index in [2.05, 4.69) is 10.6 Å². The first-order chi connectivity index (χ1) is 12.8. The van der Waals surface area contributed by atoms with Gasteiger partial charge in [0.25, 0.3) is 11.6 Å². The number of amides is 2. The maximum absolute atomic E-state index is 12.6. The van der Waals surface area contributed by atoms with Gasteiger partial charge in [-0.15, -0.1) is 0 Å². The number of carbonyl (C=O) groups is 2. The van der Waals surface area contributed by atoms with Crippen LogP contribution in [0.1, 0.15) is 24.2 Å². The van der Waals surface area contributed by atoms with Gasteiger partial charge >= 0.3 is 0 Å². The van der Waals surface area contributed by atoms with Gasteiger partial charge in [-0.25, -0.2) is 0 Å². The lowest BCUT2D eigenvalue weighted by atomic mass is 10.0. The zero-order valence-electron chi connectivity index (χ0n) is 15.3. The highest BCUT2D eigenvalue weighted by atomic mass is 16.6. The van der Waals surface area contributed by atoms with Crippen molar-refractivity contribution in [3.05, 3.63) is 64.2 Å². The van der Waals surface area contributed by atoms with Crippen molar-refractivity contribution < 1.29 is 19.2 Å². The minimum absolute atomic E-state index is 0.129. The molecule has 0 saturated carbocycles. The highest BCUT2D eigenvalue weighted by Crippen LogP contribution is 2.18. The Balaban J connectivity index is 2.11. The third-order valence-corrected chi connectivity index (χ3v) is 3.91. The number of hydrogen-bond acceptors (Lipinski definition) is 5. The molecule has 2 N–H and O–H groups in total. The number of carbonyl (C=O) groups excluding carboxylic acids is 2. The normalized spacial score (nSPS) is 11.6. The second-order valence-corrected chi connectivity index (χ2v) is 6.22. The molecule has 2 aromatic carbocycles. The number of ether oxygens (including phenoxy) is 1. The Morgan fingerprint density at radius 2 is 1.78 bits per heavy atom. The number of non-ortho nitro benzene ring substituents is 1. The summed E-state index contributed by atoms with van der Waals surface area (Å²) < 4.78 is 5.06. The summed E-state index contributed by atoms with van der Waals surface area (Å²) in [7, 11) is 1.53. The molecule has 0 bridgehead atoms. The van der Waals surface area contributed by atoms with Crippen LogP contribution in [0.5, 0.6) is 5.75 Å². The smallest absolute Gasteiger partial charge is 0.271 e. The first-order valence-electron chi connectivity index (χ1n) is 8.32. The highest BCUT2D eigenvalue weighted by molar-refractivity contribution is 6.01. The molecule has 0 aromatic heterocycles. The standard InChI is InChI=1S/C19H21N3O5/c1-12(2)17(21-18(23)13-7-9-16(27-3)10-8-13)19(24)20-14-5-4-6-15(11-14)22(25)26/h4-12,17H,1-3H3,(H,20,24)(H,21,23)/t17-/m0/s1. The fraction of sp³-hybridized carbons (Fsp3) is 0.263. The van der Waals surface area contributed by atoms with Gasteiger partial charge in [-0.05, 0) is 36.2 Å². The van der Waals surface area contributed by atoms with Gasteiger partial charge in [0.1, 0.15) is 11.8 Å². The molecule has 1 atom stereocenters. The van der Waals surface area contributed by atoms with E-state index in [0.717, 1.165) is 0 Å². The van der Waals surface area contributed by atoms with Crippen molar-refractivity contribution >= 4 is 23.2 Å². The minimum atomic E-state index is -0.807. The van der Waals surface area contributed by atoms with Crippen molar-refractivity contribution in [2.45, 2.75) is 19.9 Å². The molecule has 0 radical (unpaired) electrons. The molecule has 0 heterocycles. The second kappa shape index (κ2) is 8.79. The Kier molecular flexibility index (Phi) is 6.48. The quantitative estimate of drug-likeness (QED) is 0.574. The van der Waals surface area contributed by atoms with Crippen LogP contribution in [-0.2, 0) is 4.79 Å². The van der Waals surface area contributed by atoms with E-state index >= 15 is 0 Å². The molecule has 0 aliphatic heterocycles. The molecule has 0 aliphatic carbocycles. The van der Waals surface area contributed by atoms with E-state index in [9.17, 15) is 19.7 Å². The van der Waals surface area contributed by atoms with Crippen LogP contribution in [0.4, 0.5) is 11.4 Å². The summed E-state index contributed by atoms with van der Waals surface area (Å²) in [6.07, 6.45) is 0. The fourth-order valence-corrected chi connectivity index (χ4v) is 2.42. The van der Waals surface area contributed by atoms with Crippen LogP contribution in [-0.4, -0.2) is 29.9 Å². The van der Waals surface area contributed by atoms with Crippen LogP contribution in [0.15, 0.2) is 48.5 Å². The van der Waals surface area contributed by atoms with Gasteiger partial charge in [-0.3, -0.25) is 19.7 Å². The first-order valence-corrected chi connectivity index (χ1v) is 8.32. The number of anilines is 1. The SMILES string of the molecule is COc1ccc(C(=O)N[C@H](C(=O)Nc2cccc([N+](=O)[O-])c2)C(C)C)cc1. The van der Waals surface area contributed by atoms with Crippen LogP contribution in [0.25, 0.3) is 0 Å². The van der Waals surface area contributed by atoms with E-state index < -0.39 is 22.8 Å². The largest absolute Gasteiger partial charge is 0.497 e. The molecule has 0 fully saturated rings. The number of nitrogens with zero attached hydrogens (tertiary/aromatic N) is 1. The molecule has 8 nitrogen and oxygen atoms in total. The second-order valence-electron chi connectivity index (χ2n) is 6.22. The summed E-state index contributed by atoms with van der Waals surface area (Å²) in [5.41, 5.74) is 0.555. The number of rotatable bonds is 7. The van der Waals surface area contributed by atoms with E-state index in [0.29, 0.717) is 17.0 Å². The van der Waals surface area contributed by atoms with Crippen molar-refractivity contribution in [3.8, 4) is 5.75 Å². The third kappa shape index (κ3) is 5.27. The number of nitro benzene ring substituents is 1. The van der Waals surface area contributed by atoms with Crippen LogP contribution < -0.4 is 15.4 Å². The monoisotopic (exact) mass is 371 g/mol. The van der Waals surface area contributed by atoms with E-state index in [1.807, 2.05) is 0 Å². The minimum Gasteiger partial charge on any atom is -0.497 e. The lowest BCUT2D eigenvalue weighted by Gasteiger charge is -2.21. The van der Waals surface area contributed by atoms with Crippen molar-refractivity contribution in [1.82, 2.24) is 5.32 Å². The Hall–Kier alpha value is -3.42. The molecule has 8 heteroatoms. The first kappa shape index (κ1) is 19.9. The molecule has 2 rings (SSSR count). The van der Waals surface area contributed by atoms with E-state index in [1.165, 1.54) is 25.3 Å². The van der Waals surface area contributed by atoms with Crippen LogP contribution in [0, 0.1) is 16.0 Å². The molecule has 0 saturated heterocycles. The van der Waals surface area contributed by atoms with Gasteiger partial charge in [0.05, 0.1) is 12.0 Å². The van der Waals surface area contributed by atoms with Crippen LogP contribution >= 0.6 is 0 Å². The molecule has 27 heavy (non-hydrogen) atoms. The lowest BCUT2D eigenvalue weighted by molar-refractivity contribution is -0.384. The molecule has 142 valence electrons. The van der Waals surface area contributed by atoms with Gasteiger partial charge in [-0.2, -0.15) is 0 Å². The molecule has 2 aromatic rings. The van der Waals surface area contributed by atoms with Crippen LogP contribution in [0.3, 0.4) is 0 Å². The molecule has 0 unspecified atom stereocenters. The predicted octanol–water partition coefficient (Wildman–Crippen LogP) is 3.00. The van der Waals surface area contributed by atoms with E-state index in [4.69, 9.17) is 4.74 Å². The molecule has 0 spiro atoms. The Labute approximate surface area is 156 Å². The predicted molar refractivity (Wildman–Crippen MR) is 101 cm³/mol. The number of nitrogens with one attached hydrogen (secondary N) is 2. The Bertz CT molecular complexity index is 833. The summed E-state index contributed by atoms with van der Waals surface area (Å²) in [4.78, 5) is 35.3. The van der Waals surface area contributed by atoms with Gasteiger partial charge in [0, 0.05) is 23.4 Å². The average molecular weight is 371 g/mol. The maximum atomic E-state index is 12.6. The molecular weight excluding hydrogens is 350 g/mol. The zero-order chi connectivity index (χ0) is 20.0. The lowest BCUT2D eigenvalue weighted by Crippen LogP contribution is -2.47. The summed E-state index contributed by atoms with van der Waals surface area (Å²) in [5.74, 6) is -0.417. The van der Waals surface area contributed by atoms with Crippen LogP contribution in [0.2, 0.25) is 0 Å². The van der Waals surface area contributed by atoms with E-state index in [1.54, 1.807) is 44.2 Å². The highest BCUT2D eigenvalue weighted by Gasteiger charge is 2.25. The Morgan fingerprint density at radius 3 is 2.33 bits per heavy atom. The van der Waals surface area contributed by atoms with Gasteiger partial charge < -0.3 is 15.4 Å². The zero-order valence-corrected chi connectivity index (χ0v) is 15.3. The van der Waals surface area contributed by atoms with Crippen molar-refractivity contribution in [1.29, 1.82) is 0 Å². The Morgan fingerprint density at radius 1 is 1.11 bits per heavy atom. The van der Waals surface area contributed by atoms with Crippen molar-refractivity contribution in [2.24, 2.45) is 5.92 Å². The van der Waals surface area contributed by atoms with Gasteiger partial charge in [0.2, 0.25) is 5.91 Å². The van der Waals surface area contributed by atoms with Gasteiger partial charge in [-0.1, -0.05) is 19.9 Å². The topological polar surface area (TPSA) is 111 Å². The average Bonchev–Trinajstić information content (AvgIpc) is 2.65. The summed E-state index contributed by atoms with van der Waals surface area (Å²) in [5, 5.41) is 16.2. The van der Waals surface area contributed by atoms with Crippen molar-refractivity contribution in [2.75, 3.05) is 12.4 Å². The molecule has 2 amide bonds. The number of benzene rings is 2. The molecule has 0 aliphatic rings. The third-order valence-electron chi connectivity index (χ3n) is 3.91.